The first kappa shape index (κ1) is 37.0. The third-order valence-corrected chi connectivity index (χ3v) is 12.3. The minimum Gasteiger partial charge on any atom is -0.456 e. The van der Waals surface area contributed by atoms with Gasteiger partial charge in [0.05, 0.1) is 0 Å². The van der Waals surface area contributed by atoms with E-state index >= 15 is 0 Å². The lowest BCUT2D eigenvalue weighted by Gasteiger charge is -2.20. The number of para-hydroxylation sites is 1. The molecule has 0 aliphatic heterocycles. The van der Waals surface area contributed by atoms with E-state index in [0.29, 0.717) is 0 Å². The molecule has 292 valence electrons. The molecule has 0 unspecified atom stereocenters. The zero-order valence-electron chi connectivity index (χ0n) is 34.2. The van der Waals surface area contributed by atoms with E-state index in [1.54, 1.807) is 0 Å². The van der Waals surface area contributed by atoms with Crippen LogP contribution in [0.15, 0.2) is 253 Å². The predicted molar refractivity (Wildman–Crippen MR) is 260 cm³/mol. The molecule has 0 fully saturated rings. The smallest absolute Gasteiger partial charge is 0.135 e. The molecule has 0 radical (unpaired) electrons. The summed E-state index contributed by atoms with van der Waals surface area (Å²) in [7, 11) is 0. The predicted octanol–water partition coefficient (Wildman–Crippen LogP) is 16.8. The Kier molecular flexibility index (Phi) is 9.69. The standard InChI is InChI=1S/C61H42O/c1-3-11-42(12-4-1)52-15-9-17-54(39-52)46-27-33-50(34-28-46)61(51-35-29-47(30-36-51)55-18-10-16-53(40-55)43-13-5-2-6-14-43)49-31-25-45(26-32-49)44-21-23-48(24-22-44)56-37-38-60-58(41-56)57-19-7-8-20-59(57)62-60/h1-41,61H. The van der Waals surface area contributed by atoms with Crippen molar-refractivity contribution in [1.82, 2.24) is 0 Å². The van der Waals surface area contributed by atoms with E-state index in [4.69, 9.17) is 4.42 Å². The van der Waals surface area contributed by atoms with Crippen LogP contribution in [0, 0.1) is 0 Å². The van der Waals surface area contributed by atoms with E-state index in [0.717, 1.165) is 21.9 Å². The van der Waals surface area contributed by atoms with E-state index in [1.807, 2.05) is 12.1 Å². The quantitative estimate of drug-likeness (QED) is 0.133. The van der Waals surface area contributed by atoms with Crippen LogP contribution >= 0.6 is 0 Å². The molecule has 0 atom stereocenters. The van der Waals surface area contributed by atoms with Crippen molar-refractivity contribution in [2.45, 2.75) is 5.92 Å². The molecule has 0 bridgehead atoms. The fraction of sp³-hybridized carbons (Fsp3) is 0.0164. The van der Waals surface area contributed by atoms with Crippen LogP contribution < -0.4 is 0 Å². The van der Waals surface area contributed by atoms with Crippen LogP contribution in [-0.4, -0.2) is 0 Å². The van der Waals surface area contributed by atoms with Gasteiger partial charge < -0.3 is 4.42 Å². The molecule has 0 N–H and O–H groups in total. The lowest BCUT2D eigenvalue weighted by molar-refractivity contribution is 0.669. The minimum absolute atomic E-state index is 0.0507. The van der Waals surface area contributed by atoms with E-state index < -0.39 is 0 Å². The normalized spacial score (nSPS) is 11.4. The summed E-state index contributed by atoms with van der Waals surface area (Å²) in [6.07, 6.45) is 0. The molecular weight excluding hydrogens is 749 g/mol. The molecule has 1 heteroatoms. The van der Waals surface area contributed by atoms with Crippen LogP contribution in [0.4, 0.5) is 0 Å². The summed E-state index contributed by atoms with van der Waals surface area (Å²) in [5.74, 6) is 0.0507. The maximum absolute atomic E-state index is 6.09. The van der Waals surface area contributed by atoms with E-state index in [2.05, 4.69) is 237 Å². The van der Waals surface area contributed by atoms with Crippen molar-refractivity contribution in [2.75, 3.05) is 0 Å². The van der Waals surface area contributed by atoms with Crippen LogP contribution in [-0.2, 0) is 0 Å². The lowest BCUT2D eigenvalue weighted by Crippen LogP contribution is -2.03. The maximum atomic E-state index is 6.09. The summed E-state index contributed by atoms with van der Waals surface area (Å²) in [4.78, 5) is 0. The average Bonchev–Trinajstić information content (AvgIpc) is 3.74. The summed E-state index contributed by atoms with van der Waals surface area (Å²) in [6.45, 7) is 0. The number of hydrogen-bond donors (Lipinski definition) is 0. The lowest BCUT2D eigenvalue weighted by atomic mass is 9.83. The maximum Gasteiger partial charge on any atom is 0.135 e. The molecule has 1 nitrogen and oxygen atoms in total. The molecule has 11 aromatic rings. The number of rotatable bonds is 9. The molecule has 11 rings (SSSR count). The Morgan fingerprint density at radius 2 is 0.516 bits per heavy atom. The largest absolute Gasteiger partial charge is 0.456 e. The molecule has 10 aromatic carbocycles. The highest BCUT2D eigenvalue weighted by atomic mass is 16.3. The van der Waals surface area contributed by atoms with Crippen LogP contribution in [0.1, 0.15) is 22.6 Å². The zero-order valence-corrected chi connectivity index (χ0v) is 34.2. The fourth-order valence-corrected chi connectivity index (χ4v) is 8.96. The highest BCUT2D eigenvalue weighted by molar-refractivity contribution is 6.06. The van der Waals surface area contributed by atoms with Gasteiger partial charge in [0.1, 0.15) is 11.2 Å². The van der Waals surface area contributed by atoms with Gasteiger partial charge in [0.25, 0.3) is 0 Å². The van der Waals surface area contributed by atoms with Crippen molar-refractivity contribution in [2.24, 2.45) is 0 Å². The van der Waals surface area contributed by atoms with E-state index in [-0.39, 0.29) is 5.92 Å². The topological polar surface area (TPSA) is 13.1 Å². The van der Waals surface area contributed by atoms with Crippen LogP contribution in [0.3, 0.4) is 0 Å². The number of fused-ring (bicyclic) bond motifs is 3. The minimum atomic E-state index is 0.0507. The molecule has 62 heavy (non-hydrogen) atoms. The summed E-state index contributed by atoms with van der Waals surface area (Å²) in [5, 5.41) is 2.29. The van der Waals surface area contributed by atoms with Gasteiger partial charge in [-0.1, -0.05) is 218 Å². The van der Waals surface area contributed by atoms with Gasteiger partial charge in [0, 0.05) is 16.7 Å². The van der Waals surface area contributed by atoms with Crippen molar-refractivity contribution in [3.8, 4) is 66.8 Å². The van der Waals surface area contributed by atoms with Gasteiger partial charge in [-0.25, -0.2) is 0 Å². The van der Waals surface area contributed by atoms with Gasteiger partial charge in [-0.3, -0.25) is 0 Å². The highest BCUT2D eigenvalue weighted by Gasteiger charge is 2.18. The molecule has 1 aromatic heterocycles. The van der Waals surface area contributed by atoms with E-state index in [9.17, 15) is 0 Å². The zero-order chi connectivity index (χ0) is 41.2. The second-order valence-corrected chi connectivity index (χ2v) is 16.1. The molecular formula is C61H42O. The molecule has 0 aliphatic rings. The monoisotopic (exact) mass is 790 g/mol. The van der Waals surface area contributed by atoms with Crippen molar-refractivity contribution in [3.63, 3.8) is 0 Å². The first-order valence-electron chi connectivity index (χ1n) is 21.3. The summed E-state index contributed by atoms with van der Waals surface area (Å²) in [6, 6.07) is 90.0. The van der Waals surface area contributed by atoms with Gasteiger partial charge >= 0.3 is 0 Å². The van der Waals surface area contributed by atoms with Gasteiger partial charge in [-0.05, 0) is 114 Å². The first-order chi connectivity index (χ1) is 30.7. The van der Waals surface area contributed by atoms with E-state index in [1.165, 1.54) is 83.5 Å². The number of furan rings is 1. The summed E-state index contributed by atoms with van der Waals surface area (Å²) < 4.78 is 6.09. The molecule has 0 saturated heterocycles. The third kappa shape index (κ3) is 7.31. The Morgan fingerprint density at radius 1 is 0.210 bits per heavy atom. The Balaban J connectivity index is 0.908. The molecule has 0 spiro atoms. The molecule has 0 saturated carbocycles. The first-order valence-corrected chi connectivity index (χ1v) is 21.3. The molecule has 1 heterocycles. The Hall–Kier alpha value is -8.00. The Bertz CT molecular complexity index is 3160. The van der Waals surface area contributed by atoms with Crippen LogP contribution in [0.2, 0.25) is 0 Å². The molecule has 0 amide bonds. The average molecular weight is 791 g/mol. The highest BCUT2D eigenvalue weighted by Crippen LogP contribution is 2.38. The molecule has 0 aliphatic carbocycles. The summed E-state index contributed by atoms with van der Waals surface area (Å²) >= 11 is 0. The second kappa shape index (κ2) is 16.2. The van der Waals surface area contributed by atoms with Crippen molar-refractivity contribution in [3.05, 3.63) is 265 Å². The third-order valence-electron chi connectivity index (χ3n) is 12.3. The number of hydrogen-bond acceptors (Lipinski definition) is 1. The van der Waals surface area contributed by atoms with Crippen LogP contribution in [0.5, 0.6) is 0 Å². The van der Waals surface area contributed by atoms with Crippen molar-refractivity contribution >= 4 is 21.9 Å². The number of benzene rings is 10. The van der Waals surface area contributed by atoms with Gasteiger partial charge in [0.15, 0.2) is 0 Å². The van der Waals surface area contributed by atoms with Gasteiger partial charge in [-0.15, -0.1) is 0 Å². The Labute approximate surface area is 362 Å². The van der Waals surface area contributed by atoms with Crippen LogP contribution in [0.25, 0.3) is 88.7 Å². The Morgan fingerprint density at radius 3 is 0.968 bits per heavy atom. The summed E-state index contributed by atoms with van der Waals surface area (Å²) in [5.41, 5.74) is 20.1. The second-order valence-electron chi connectivity index (χ2n) is 16.1. The fourth-order valence-electron chi connectivity index (χ4n) is 8.96. The SMILES string of the molecule is c1ccc(-c2cccc(-c3ccc(C(c4ccc(-c5ccc(-c6ccc7oc8ccccc8c7c6)cc5)cc4)c4ccc(-c5cccc(-c6ccccc6)c5)cc4)cc3)c2)cc1. The van der Waals surface area contributed by atoms with Gasteiger partial charge in [-0.2, -0.15) is 0 Å². The van der Waals surface area contributed by atoms with Crippen molar-refractivity contribution in [1.29, 1.82) is 0 Å². The van der Waals surface area contributed by atoms with Gasteiger partial charge in [0.2, 0.25) is 0 Å². The van der Waals surface area contributed by atoms with Crippen molar-refractivity contribution < 1.29 is 4.42 Å².